The molecule has 0 unspecified atom stereocenters. The Kier molecular flexibility index (Phi) is 5.46. The average molecular weight is 451 g/mol. The molecule has 4 rings (SSSR count). The summed E-state index contributed by atoms with van der Waals surface area (Å²) in [6.45, 7) is 4.03. The van der Waals surface area contributed by atoms with Crippen molar-refractivity contribution in [2.45, 2.75) is 31.5 Å². The van der Waals surface area contributed by atoms with Crippen molar-refractivity contribution in [1.29, 1.82) is 0 Å². The van der Waals surface area contributed by atoms with Gasteiger partial charge in [-0.1, -0.05) is 30.8 Å². The Hall–Kier alpha value is -2.59. The molecule has 156 valence electrons. The van der Waals surface area contributed by atoms with Crippen molar-refractivity contribution >= 4 is 50.4 Å². The number of carbonyl (C=O) groups excluding carboxylic acids is 1. The molecule has 0 spiro atoms. The van der Waals surface area contributed by atoms with E-state index in [9.17, 15) is 18.0 Å². The lowest BCUT2D eigenvalue weighted by Gasteiger charge is -2.13. The third-order valence-electron chi connectivity index (χ3n) is 4.51. The second-order valence-electron chi connectivity index (χ2n) is 6.63. The molecule has 0 aliphatic carbocycles. The molecule has 0 saturated carbocycles. The van der Waals surface area contributed by atoms with Crippen molar-refractivity contribution in [2.24, 2.45) is 0 Å². The van der Waals surface area contributed by atoms with Crippen LogP contribution in [-0.2, 0) is 17.4 Å². The summed E-state index contributed by atoms with van der Waals surface area (Å²) in [5.41, 5.74) is 0.758. The number of aryl methyl sites for hydroxylation is 2. The number of alkyl halides is 3. The summed E-state index contributed by atoms with van der Waals surface area (Å²) in [5.74, 6) is 0.186. The summed E-state index contributed by atoms with van der Waals surface area (Å²) in [5, 5.41) is 11.4. The second kappa shape index (κ2) is 7.92. The van der Waals surface area contributed by atoms with E-state index in [0.29, 0.717) is 11.4 Å². The van der Waals surface area contributed by atoms with E-state index in [4.69, 9.17) is 0 Å². The van der Waals surface area contributed by atoms with Crippen molar-refractivity contribution in [3.8, 4) is 0 Å². The minimum atomic E-state index is -4.54. The zero-order valence-corrected chi connectivity index (χ0v) is 17.7. The van der Waals surface area contributed by atoms with Crippen LogP contribution in [0.3, 0.4) is 0 Å². The fourth-order valence-electron chi connectivity index (χ4n) is 3.24. The number of hydrogen-bond donors (Lipinski definition) is 1. The minimum absolute atomic E-state index is 0.0835. The molecule has 0 saturated heterocycles. The number of carbonyl (C=O) groups is 1. The topological polar surface area (TPSA) is 59.3 Å². The maximum absolute atomic E-state index is 13.1. The van der Waals surface area contributed by atoms with Crippen LogP contribution in [0.2, 0.25) is 0 Å². The van der Waals surface area contributed by atoms with E-state index in [-0.39, 0.29) is 11.4 Å². The van der Waals surface area contributed by atoms with Crippen LogP contribution < -0.4 is 5.32 Å². The second-order valence-corrected chi connectivity index (χ2v) is 8.88. The van der Waals surface area contributed by atoms with Gasteiger partial charge >= 0.3 is 6.18 Å². The highest BCUT2D eigenvalue weighted by Crippen LogP contribution is 2.35. The first kappa shape index (κ1) is 20.7. The Morgan fingerprint density at radius 1 is 1.20 bits per heavy atom. The van der Waals surface area contributed by atoms with Crippen molar-refractivity contribution in [3.05, 3.63) is 52.7 Å². The number of fused-ring (bicyclic) bond motifs is 3. The van der Waals surface area contributed by atoms with Crippen molar-refractivity contribution in [1.82, 2.24) is 14.6 Å². The van der Waals surface area contributed by atoms with Gasteiger partial charge in [0.15, 0.2) is 0 Å². The number of anilines is 1. The van der Waals surface area contributed by atoms with E-state index in [1.807, 2.05) is 24.3 Å². The van der Waals surface area contributed by atoms with Crippen LogP contribution in [0.1, 0.15) is 23.2 Å². The van der Waals surface area contributed by atoms with E-state index in [1.165, 1.54) is 23.1 Å². The predicted octanol–water partition coefficient (Wildman–Crippen LogP) is 5.56. The highest BCUT2D eigenvalue weighted by Gasteiger charge is 2.33. The summed E-state index contributed by atoms with van der Waals surface area (Å²) in [6, 6.07) is 9.02. The predicted molar refractivity (Wildman–Crippen MR) is 113 cm³/mol. The van der Waals surface area contributed by atoms with Crippen molar-refractivity contribution in [3.63, 3.8) is 0 Å². The summed E-state index contributed by atoms with van der Waals surface area (Å²) in [7, 11) is 0. The third kappa shape index (κ3) is 3.89. The van der Waals surface area contributed by atoms with Gasteiger partial charge in [-0.2, -0.15) is 13.2 Å². The van der Waals surface area contributed by atoms with E-state index >= 15 is 0 Å². The summed E-state index contributed by atoms with van der Waals surface area (Å²) in [6.07, 6.45) is -3.84. The quantitative estimate of drug-likeness (QED) is 0.404. The Balaban J connectivity index is 1.57. The Morgan fingerprint density at radius 3 is 2.70 bits per heavy atom. The molecule has 4 aromatic rings. The number of nitrogens with one attached hydrogen (secondary N) is 1. The largest absolute Gasteiger partial charge is 0.418 e. The minimum Gasteiger partial charge on any atom is -0.325 e. The van der Waals surface area contributed by atoms with Crippen LogP contribution in [0.15, 0.2) is 41.4 Å². The molecule has 1 aromatic carbocycles. The number of aromatic nitrogens is 3. The monoisotopic (exact) mass is 450 g/mol. The highest BCUT2D eigenvalue weighted by molar-refractivity contribution is 8.00. The molecule has 0 aliphatic heterocycles. The van der Waals surface area contributed by atoms with Gasteiger partial charge in [0.25, 0.3) is 0 Å². The van der Waals surface area contributed by atoms with Gasteiger partial charge < -0.3 is 5.32 Å². The molecular weight excluding hydrogens is 433 g/mol. The van der Waals surface area contributed by atoms with Crippen LogP contribution >= 0.6 is 23.1 Å². The molecule has 0 radical (unpaired) electrons. The lowest BCUT2D eigenvalue weighted by molar-refractivity contribution is -0.137. The van der Waals surface area contributed by atoms with Crippen LogP contribution in [0.4, 0.5) is 18.9 Å². The number of para-hydroxylation sites is 1. The van der Waals surface area contributed by atoms with Crippen LogP contribution in [0.5, 0.6) is 0 Å². The number of rotatable bonds is 5. The van der Waals surface area contributed by atoms with E-state index in [2.05, 4.69) is 21.6 Å². The fraction of sp³-hybridized carbons (Fsp3) is 0.250. The number of amides is 1. The molecule has 10 heteroatoms. The number of hydrogen-bond acceptors (Lipinski definition) is 5. The lowest BCUT2D eigenvalue weighted by atomic mass is 10.1. The molecule has 3 aromatic heterocycles. The van der Waals surface area contributed by atoms with Gasteiger partial charge in [-0.25, -0.2) is 0 Å². The van der Waals surface area contributed by atoms with Gasteiger partial charge in [0.1, 0.15) is 10.9 Å². The highest BCUT2D eigenvalue weighted by atomic mass is 32.2. The standard InChI is InChI=1S/C20H17F3N4OS2/c1-3-17-25-26-19(15-9-16-14(27(15)17)8-11(2)30-16)29-10-18(28)24-13-7-5-4-6-12(13)20(21,22)23/h4-9H,3,10H2,1-2H3,(H,24,28). The van der Waals surface area contributed by atoms with Gasteiger partial charge in [0.05, 0.1) is 32.7 Å². The molecular formula is C20H17F3N4OS2. The van der Waals surface area contributed by atoms with Gasteiger partial charge in [0, 0.05) is 11.3 Å². The third-order valence-corrected chi connectivity index (χ3v) is 6.47. The molecule has 0 bridgehead atoms. The van der Waals surface area contributed by atoms with Crippen molar-refractivity contribution in [2.75, 3.05) is 11.1 Å². The first-order valence-corrected chi connectivity index (χ1v) is 10.9. The molecule has 0 atom stereocenters. The smallest absolute Gasteiger partial charge is 0.325 e. The Morgan fingerprint density at radius 2 is 1.97 bits per heavy atom. The summed E-state index contributed by atoms with van der Waals surface area (Å²) >= 11 is 2.81. The molecule has 1 N–H and O–H groups in total. The first-order chi connectivity index (χ1) is 14.3. The van der Waals surface area contributed by atoms with Gasteiger partial charge in [-0.05, 0) is 31.2 Å². The maximum atomic E-state index is 13.1. The summed E-state index contributed by atoms with van der Waals surface area (Å²) < 4.78 is 42.5. The zero-order valence-electron chi connectivity index (χ0n) is 16.1. The SMILES string of the molecule is CCc1nnc(SCC(=O)Nc2ccccc2C(F)(F)F)c2cc3sc(C)cc3n12. The zero-order chi connectivity index (χ0) is 21.5. The fourth-order valence-corrected chi connectivity index (χ4v) is 4.92. The van der Waals surface area contributed by atoms with E-state index < -0.39 is 17.6 Å². The van der Waals surface area contributed by atoms with E-state index in [1.54, 1.807) is 11.3 Å². The molecule has 0 aliphatic rings. The van der Waals surface area contributed by atoms with Crippen LogP contribution in [0.25, 0.3) is 15.7 Å². The Labute approximate surface area is 178 Å². The molecule has 1 amide bonds. The average Bonchev–Trinajstić information content (AvgIpc) is 3.22. The van der Waals surface area contributed by atoms with Gasteiger partial charge in [-0.15, -0.1) is 21.5 Å². The Bertz CT molecular complexity index is 1250. The number of halogens is 3. The van der Waals surface area contributed by atoms with Crippen molar-refractivity contribution < 1.29 is 18.0 Å². The number of benzene rings is 1. The van der Waals surface area contributed by atoms with Crippen LogP contribution in [-0.4, -0.2) is 26.3 Å². The lowest BCUT2D eigenvalue weighted by Crippen LogP contribution is -2.18. The summed E-state index contributed by atoms with van der Waals surface area (Å²) in [4.78, 5) is 13.5. The molecule has 5 nitrogen and oxygen atoms in total. The number of thioether (sulfide) groups is 1. The van der Waals surface area contributed by atoms with Gasteiger partial charge in [0.2, 0.25) is 5.91 Å². The molecule has 0 fully saturated rings. The van der Waals surface area contributed by atoms with Crippen LogP contribution in [0, 0.1) is 6.92 Å². The number of nitrogens with zero attached hydrogens (tertiary/aromatic N) is 3. The first-order valence-electron chi connectivity index (χ1n) is 9.14. The molecule has 3 heterocycles. The van der Waals surface area contributed by atoms with Gasteiger partial charge in [-0.3, -0.25) is 9.20 Å². The maximum Gasteiger partial charge on any atom is 0.418 e. The molecule has 30 heavy (non-hydrogen) atoms. The number of thiophene rings is 1. The normalized spacial score (nSPS) is 12.0. The van der Waals surface area contributed by atoms with E-state index in [0.717, 1.165) is 39.4 Å².